The van der Waals surface area contributed by atoms with Crippen molar-refractivity contribution in [2.75, 3.05) is 0 Å². The van der Waals surface area contributed by atoms with E-state index in [0.29, 0.717) is 16.9 Å². The smallest absolute Gasteiger partial charge is 0.202 e. The van der Waals surface area contributed by atoms with Gasteiger partial charge < -0.3 is 4.42 Å². The lowest BCUT2D eigenvalue weighted by molar-refractivity contribution is 0.0965. The molecule has 1 heterocycles. The minimum absolute atomic E-state index is 0.0265. The van der Waals surface area contributed by atoms with Gasteiger partial charge in [0.25, 0.3) is 0 Å². The highest BCUT2D eigenvalue weighted by atomic mass is 79.9. The Labute approximate surface area is 114 Å². The Kier molecular flexibility index (Phi) is 3.08. The highest BCUT2D eigenvalue weighted by Gasteiger charge is 2.14. The Bertz CT molecular complexity index is 598. The molecule has 0 atom stereocenters. The number of carbonyl (C=O) groups is 1. The molecule has 0 bridgehead atoms. The van der Waals surface area contributed by atoms with Crippen LogP contribution in [0.3, 0.4) is 0 Å². The first-order chi connectivity index (χ1) is 8.72. The van der Waals surface area contributed by atoms with E-state index in [1.54, 1.807) is 12.1 Å². The van der Waals surface area contributed by atoms with Crippen LogP contribution in [0.1, 0.15) is 33.7 Å². The quantitative estimate of drug-likeness (QED) is 0.804. The van der Waals surface area contributed by atoms with Crippen LogP contribution in [0.4, 0.5) is 0 Å². The summed E-state index contributed by atoms with van der Waals surface area (Å²) in [5, 5.41) is 0. The molecule has 0 fully saturated rings. The minimum Gasteiger partial charge on any atom is -0.446 e. The van der Waals surface area contributed by atoms with Crippen molar-refractivity contribution in [3.05, 3.63) is 57.5 Å². The standard InChI is InChI=1S/C15H13BrO2/c16-15-7-6-14(18-15)13(17)9-10-4-5-11-2-1-3-12(11)8-10/h4-8H,1-3,9H2. The Balaban J connectivity index is 1.78. The summed E-state index contributed by atoms with van der Waals surface area (Å²) < 4.78 is 5.87. The van der Waals surface area contributed by atoms with E-state index < -0.39 is 0 Å². The summed E-state index contributed by atoms with van der Waals surface area (Å²) in [5.74, 6) is 0.445. The molecule has 0 saturated carbocycles. The number of rotatable bonds is 3. The lowest BCUT2D eigenvalue weighted by atomic mass is 10.0. The fraction of sp³-hybridized carbons (Fsp3) is 0.267. The second-order valence-electron chi connectivity index (χ2n) is 4.66. The maximum atomic E-state index is 12.0. The highest BCUT2D eigenvalue weighted by Crippen LogP contribution is 2.24. The molecule has 1 aliphatic carbocycles. The van der Waals surface area contributed by atoms with E-state index in [2.05, 4.69) is 34.1 Å². The van der Waals surface area contributed by atoms with Crippen molar-refractivity contribution < 1.29 is 9.21 Å². The van der Waals surface area contributed by atoms with Gasteiger partial charge in [-0.1, -0.05) is 18.2 Å². The van der Waals surface area contributed by atoms with Crippen molar-refractivity contribution in [1.82, 2.24) is 0 Å². The molecule has 0 saturated heterocycles. The number of hydrogen-bond acceptors (Lipinski definition) is 2. The van der Waals surface area contributed by atoms with E-state index in [4.69, 9.17) is 4.42 Å². The second-order valence-corrected chi connectivity index (χ2v) is 5.44. The van der Waals surface area contributed by atoms with Crippen molar-refractivity contribution in [1.29, 1.82) is 0 Å². The van der Waals surface area contributed by atoms with Crippen molar-refractivity contribution in [3.8, 4) is 0 Å². The molecular formula is C15H13BrO2. The third-order valence-corrected chi connectivity index (χ3v) is 3.80. The molecule has 0 amide bonds. The topological polar surface area (TPSA) is 30.2 Å². The van der Waals surface area contributed by atoms with Gasteiger partial charge in [0.05, 0.1) is 0 Å². The molecule has 1 aromatic carbocycles. The van der Waals surface area contributed by atoms with Crippen LogP contribution in [-0.4, -0.2) is 5.78 Å². The second kappa shape index (κ2) is 4.73. The van der Waals surface area contributed by atoms with Gasteiger partial charge in [-0.15, -0.1) is 0 Å². The summed E-state index contributed by atoms with van der Waals surface area (Å²) >= 11 is 3.21. The van der Waals surface area contributed by atoms with E-state index in [9.17, 15) is 4.79 Å². The lowest BCUT2D eigenvalue weighted by Gasteiger charge is -2.03. The number of carbonyl (C=O) groups excluding carboxylic acids is 1. The van der Waals surface area contributed by atoms with Gasteiger partial charge in [-0.2, -0.15) is 0 Å². The number of benzene rings is 1. The summed E-state index contributed by atoms with van der Waals surface area (Å²) in [5.41, 5.74) is 3.92. The van der Waals surface area contributed by atoms with E-state index >= 15 is 0 Å². The van der Waals surface area contributed by atoms with Crippen LogP contribution >= 0.6 is 15.9 Å². The van der Waals surface area contributed by atoms with Crippen LogP contribution in [0.25, 0.3) is 0 Å². The average Bonchev–Trinajstić information content (AvgIpc) is 2.96. The molecule has 0 spiro atoms. The fourth-order valence-corrected chi connectivity index (χ4v) is 2.78. The van der Waals surface area contributed by atoms with Gasteiger partial charge in [0.15, 0.2) is 10.4 Å². The van der Waals surface area contributed by atoms with E-state index in [0.717, 1.165) is 12.0 Å². The van der Waals surface area contributed by atoms with Gasteiger partial charge in [0.2, 0.25) is 5.78 Å². The normalized spacial score (nSPS) is 13.6. The molecule has 1 aliphatic rings. The number of halogens is 1. The van der Waals surface area contributed by atoms with Crippen molar-refractivity contribution in [2.45, 2.75) is 25.7 Å². The molecule has 0 radical (unpaired) electrons. The van der Waals surface area contributed by atoms with E-state index in [1.807, 2.05) is 0 Å². The lowest BCUT2D eigenvalue weighted by Crippen LogP contribution is -2.02. The molecule has 2 aromatic rings. The number of ketones is 1. The molecule has 18 heavy (non-hydrogen) atoms. The number of furan rings is 1. The van der Waals surface area contributed by atoms with Crippen molar-refractivity contribution >= 4 is 21.7 Å². The summed E-state index contributed by atoms with van der Waals surface area (Å²) in [7, 11) is 0. The number of hydrogen-bond donors (Lipinski definition) is 0. The molecule has 1 aromatic heterocycles. The maximum Gasteiger partial charge on any atom is 0.202 e. The van der Waals surface area contributed by atoms with Crippen LogP contribution in [0.15, 0.2) is 39.4 Å². The predicted molar refractivity (Wildman–Crippen MR) is 72.9 cm³/mol. The van der Waals surface area contributed by atoms with Crippen LogP contribution in [-0.2, 0) is 19.3 Å². The molecule has 3 rings (SSSR count). The molecule has 2 nitrogen and oxygen atoms in total. The molecule has 0 N–H and O–H groups in total. The third-order valence-electron chi connectivity index (χ3n) is 3.38. The predicted octanol–water partition coefficient (Wildman–Crippen LogP) is 3.96. The number of fused-ring (bicyclic) bond motifs is 1. The van der Waals surface area contributed by atoms with E-state index in [-0.39, 0.29) is 5.78 Å². The van der Waals surface area contributed by atoms with Gasteiger partial charge in [0.1, 0.15) is 0 Å². The van der Waals surface area contributed by atoms with Gasteiger partial charge >= 0.3 is 0 Å². The van der Waals surface area contributed by atoms with Gasteiger partial charge in [-0.05, 0) is 64.0 Å². The summed E-state index contributed by atoms with van der Waals surface area (Å²) in [6, 6.07) is 9.83. The molecule has 0 aliphatic heterocycles. The Hall–Kier alpha value is -1.35. The number of aryl methyl sites for hydroxylation is 2. The summed E-state index contributed by atoms with van der Waals surface area (Å²) in [4.78, 5) is 12.0. The van der Waals surface area contributed by atoms with Crippen LogP contribution in [0.2, 0.25) is 0 Å². The zero-order valence-corrected chi connectivity index (χ0v) is 11.5. The Morgan fingerprint density at radius 1 is 1.17 bits per heavy atom. The monoisotopic (exact) mass is 304 g/mol. The van der Waals surface area contributed by atoms with Crippen molar-refractivity contribution in [3.63, 3.8) is 0 Å². The van der Waals surface area contributed by atoms with E-state index in [1.165, 1.54) is 24.0 Å². The summed E-state index contributed by atoms with van der Waals surface area (Å²) in [6.07, 6.45) is 3.96. The average molecular weight is 305 g/mol. The third kappa shape index (κ3) is 2.27. The first-order valence-electron chi connectivity index (χ1n) is 6.11. The largest absolute Gasteiger partial charge is 0.446 e. The zero-order valence-electron chi connectivity index (χ0n) is 9.91. The van der Waals surface area contributed by atoms with Gasteiger partial charge in [0, 0.05) is 6.42 Å². The van der Waals surface area contributed by atoms with Gasteiger partial charge in [-0.25, -0.2) is 0 Å². The van der Waals surface area contributed by atoms with Crippen molar-refractivity contribution in [2.24, 2.45) is 0 Å². The van der Waals surface area contributed by atoms with Crippen LogP contribution in [0, 0.1) is 0 Å². The maximum absolute atomic E-state index is 12.0. The first-order valence-corrected chi connectivity index (χ1v) is 6.91. The fourth-order valence-electron chi connectivity index (χ4n) is 2.47. The molecule has 92 valence electrons. The first kappa shape index (κ1) is 11.7. The molecular weight excluding hydrogens is 292 g/mol. The SMILES string of the molecule is O=C(Cc1ccc2c(c1)CCC2)c1ccc(Br)o1. The Morgan fingerprint density at radius 3 is 2.78 bits per heavy atom. The molecule has 3 heteroatoms. The van der Waals surface area contributed by atoms with Crippen LogP contribution < -0.4 is 0 Å². The summed E-state index contributed by atoms with van der Waals surface area (Å²) in [6.45, 7) is 0. The van der Waals surface area contributed by atoms with Gasteiger partial charge in [-0.3, -0.25) is 4.79 Å². The van der Waals surface area contributed by atoms with Crippen LogP contribution in [0.5, 0.6) is 0 Å². The highest BCUT2D eigenvalue weighted by molar-refractivity contribution is 9.10. The zero-order chi connectivity index (χ0) is 12.5. The number of Topliss-reactive ketones (excluding diaryl/α,β-unsaturated/α-hetero) is 1. The Morgan fingerprint density at radius 2 is 2.00 bits per heavy atom. The molecule has 0 unspecified atom stereocenters. The minimum atomic E-state index is 0.0265.